The molecule has 10 heteroatoms. The second-order valence-electron chi connectivity index (χ2n) is 6.72. The number of nitrogens with one attached hydrogen (secondary N) is 1. The van der Waals surface area contributed by atoms with E-state index in [1.807, 2.05) is 4.90 Å². The van der Waals surface area contributed by atoms with Crippen molar-refractivity contribution in [3.8, 4) is 0 Å². The van der Waals surface area contributed by atoms with Crippen molar-refractivity contribution in [2.45, 2.75) is 12.8 Å². The van der Waals surface area contributed by atoms with E-state index in [-0.39, 0.29) is 23.6 Å². The standard InChI is InChI=1S/C15H21N7O3/c16-13-18-10(19-14(20-13)21-4-6-25-7-5-21)11(23)22-8-15(9-22)2-1-3-17-12(15)24/h1-9H2,(H,17,24)(H2,16,18,19,20). The van der Waals surface area contributed by atoms with E-state index in [1.165, 1.54) is 0 Å². The zero-order chi connectivity index (χ0) is 17.4. The van der Waals surface area contributed by atoms with Crippen molar-refractivity contribution in [1.29, 1.82) is 0 Å². The van der Waals surface area contributed by atoms with Gasteiger partial charge in [-0.25, -0.2) is 0 Å². The minimum Gasteiger partial charge on any atom is -0.378 e. The lowest BCUT2D eigenvalue weighted by Crippen LogP contribution is -2.66. The van der Waals surface area contributed by atoms with Crippen LogP contribution in [-0.2, 0) is 9.53 Å². The largest absolute Gasteiger partial charge is 0.378 e. The quantitative estimate of drug-likeness (QED) is 0.672. The van der Waals surface area contributed by atoms with Crippen LogP contribution in [0, 0.1) is 5.41 Å². The Morgan fingerprint density at radius 1 is 1.20 bits per heavy atom. The summed E-state index contributed by atoms with van der Waals surface area (Å²) in [5, 5.41) is 2.88. The number of hydrogen-bond acceptors (Lipinski definition) is 8. The Kier molecular flexibility index (Phi) is 3.91. The summed E-state index contributed by atoms with van der Waals surface area (Å²) in [5.74, 6) is 0.162. The molecule has 134 valence electrons. The fraction of sp³-hybridized carbons (Fsp3) is 0.667. The van der Waals surface area contributed by atoms with E-state index >= 15 is 0 Å². The van der Waals surface area contributed by atoms with Gasteiger partial charge in [0, 0.05) is 32.7 Å². The van der Waals surface area contributed by atoms with Crippen molar-refractivity contribution in [3.05, 3.63) is 5.82 Å². The van der Waals surface area contributed by atoms with E-state index < -0.39 is 5.41 Å². The van der Waals surface area contributed by atoms with Crippen molar-refractivity contribution in [2.24, 2.45) is 5.41 Å². The first-order valence-electron chi connectivity index (χ1n) is 8.49. The molecule has 1 aromatic rings. The fourth-order valence-corrected chi connectivity index (χ4v) is 3.58. The molecule has 1 spiro atoms. The summed E-state index contributed by atoms with van der Waals surface area (Å²) >= 11 is 0. The monoisotopic (exact) mass is 347 g/mol. The lowest BCUT2D eigenvalue weighted by Gasteiger charge is -2.50. The summed E-state index contributed by atoms with van der Waals surface area (Å²) in [6, 6.07) is 0. The van der Waals surface area contributed by atoms with Crippen LogP contribution in [0.1, 0.15) is 23.5 Å². The maximum atomic E-state index is 12.7. The minimum absolute atomic E-state index is 0.0190. The Labute approximate surface area is 144 Å². The number of nitrogens with zero attached hydrogens (tertiary/aromatic N) is 5. The molecule has 25 heavy (non-hydrogen) atoms. The molecule has 3 fully saturated rings. The van der Waals surface area contributed by atoms with Gasteiger partial charge in [-0.05, 0) is 12.8 Å². The molecule has 3 N–H and O–H groups in total. The predicted octanol–water partition coefficient (Wildman–Crippen LogP) is -1.36. The average molecular weight is 347 g/mol. The summed E-state index contributed by atoms with van der Waals surface area (Å²) in [7, 11) is 0. The van der Waals surface area contributed by atoms with Crippen LogP contribution in [0.2, 0.25) is 0 Å². The third kappa shape index (κ3) is 2.86. The van der Waals surface area contributed by atoms with Gasteiger partial charge in [-0.1, -0.05) is 0 Å². The smallest absolute Gasteiger partial charge is 0.291 e. The first-order valence-corrected chi connectivity index (χ1v) is 8.49. The lowest BCUT2D eigenvalue weighted by atomic mass is 9.73. The third-order valence-corrected chi connectivity index (χ3v) is 5.00. The van der Waals surface area contributed by atoms with Crippen molar-refractivity contribution < 1.29 is 14.3 Å². The van der Waals surface area contributed by atoms with Crippen LogP contribution in [-0.4, -0.2) is 77.6 Å². The number of hydrogen-bond donors (Lipinski definition) is 2. The van der Waals surface area contributed by atoms with Gasteiger partial charge in [-0.2, -0.15) is 15.0 Å². The summed E-state index contributed by atoms with van der Waals surface area (Å²) in [5.41, 5.74) is 5.32. The van der Waals surface area contributed by atoms with Gasteiger partial charge in [-0.3, -0.25) is 9.59 Å². The van der Waals surface area contributed by atoms with E-state index in [1.54, 1.807) is 4.90 Å². The highest BCUT2D eigenvalue weighted by atomic mass is 16.5. The maximum Gasteiger partial charge on any atom is 0.291 e. The van der Waals surface area contributed by atoms with Gasteiger partial charge in [0.05, 0.1) is 18.6 Å². The molecular formula is C15H21N7O3. The van der Waals surface area contributed by atoms with Crippen molar-refractivity contribution in [3.63, 3.8) is 0 Å². The van der Waals surface area contributed by atoms with E-state index in [9.17, 15) is 9.59 Å². The Morgan fingerprint density at radius 2 is 1.96 bits per heavy atom. The minimum atomic E-state index is -0.445. The van der Waals surface area contributed by atoms with E-state index in [0.717, 1.165) is 12.8 Å². The molecule has 0 atom stereocenters. The highest BCUT2D eigenvalue weighted by Crippen LogP contribution is 2.37. The number of likely N-dealkylation sites (tertiary alicyclic amines) is 1. The Bertz CT molecular complexity index is 698. The molecule has 2 amide bonds. The molecule has 0 bridgehead atoms. The number of anilines is 2. The number of piperidine rings is 1. The number of carbonyl (C=O) groups is 2. The van der Waals surface area contributed by atoms with Crippen molar-refractivity contribution in [1.82, 2.24) is 25.2 Å². The van der Waals surface area contributed by atoms with Crippen LogP contribution in [0.25, 0.3) is 0 Å². The number of aromatic nitrogens is 3. The van der Waals surface area contributed by atoms with Gasteiger partial charge in [0.1, 0.15) is 0 Å². The predicted molar refractivity (Wildman–Crippen MR) is 87.9 cm³/mol. The molecule has 0 radical (unpaired) electrons. The van der Waals surface area contributed by atoms with Crippen LogP contribution in [0.4, 0.5) is 11.9 Å². The van der Waals surface area contributed by atoms with Crippen LogP contribution >= 0.6 is 0 Å². The Hall–Kier alpha value is -2.49. The first-order chi connectivity index (χ1) is 12.1. The molecule has 0 saturated carbocycles. The molecule has 3 saturated heterocycles. The number of nitrogens with two attached hydrogens (primary N) is 1. The average Bonchev–Trinajstić information content (AvgIpc) is 2.60. The van der Waals surface area contributed by atoms with Crippen molar-refractivity contribution >= 4 is 23.7 Å². The van der Waals surface area contributed by atoms with E-state index in [4.69, 9.17) is 10.5 Å². The van der Waals surface area contributed by atoms with Crippen LogP contribution < -0.4 is 16.0 Å². The number of nitrogen functional groups attached to an aromatic ring is 1. The highest BCUT2D eigenvalue weighted by Gasteiger charge is 2.52. The second-order valence-corrected chi connectivity index (χ2v) is 6.72. The second kappa shape index (κ2) is 6.10. The molecule has 4 rings (SSSR count). The third-order valence-electron chi connectivity index (χ3n) is 5.00. The van der Waals surface area contributed by atoms with Crippen LogP contribution in [0.5, 0.6) is 0 Å². The van der Waals surface area contributed by atoms with E-state index in [2.05, 4.69) is 20.3 Å². The number of morpholine rings is 1. The van der Waals surface area contributed by atoms with Gasteiger partial charge in [0.25, 0.3) is 5.91 Å². The number of ether oxygens (including phenoxy) is 1. The zero-order valence-electron chi connectivity index (χ0n) is 13.9. The Balaban J connectivity index is 1.49. The molecular weight excluding hydrogens is 326 g/mol. The molecule has 0 aliphatic carbocycles. The molecule has 0 unspecified atom stereocenters. The molecule has 10 nitrogen and oxygen atoms in total. The highest BCUT2D eigenvalue weighted by molar-refractivity contribution is 5.94. The topological polar surface area (TPSA) is 127 Å². The van der Waals surface area contributed by atoms with Crippen LogP contribution in [0.3, 0.4) is 0 Å². The Morgan fingerprint density at radius 3 is 2.68 bits per heavy atom. The van der Waals surface area contributed by atoms with Gasteiger partial charge < -0.3 is 25.6 Å². The molecule has 4 heterocycles. The van der Waals surface area contributed by atoms with Gasteiger partial charge >= 0.3 is 0 Å². The SMILES string of the molecule is Nc1nc(C(=O)N2CC3(CCCNC3=O)C2)nc(N2CCOCC2)n1. The van der Waals surface area contributed by atoms with Crippen molar-refractivity contribution in [2.75, 3.05) is 56.6 Å². The summed E-state index contributed by atoms with van der Waals surface area (Å²) < 4.78 is 5.31. The molecule has 3 aliphatic rings. The maximum absolute atomic E-state index is 12.7. The van der Waals surface area contributed by atoms with Crippen LogP contribution in [0.15, 0.2) is 0 Å². The molecule has 1 aromatic heterocycles. The number of amides is 2. The molecule has 3 aliphatic heterocycles. The normalized spacial score (nSPS) is 22.5. The summed E-state index contributed by atoms with van der Waals surface area (Å²) in [6.45, 7) is 3.96. The molecule has 0 aromatic carbocycles. The fourth-order valence-electron chi connectivity index (χ4n) is 3.58. The summed E-state index contributed by atoms with van der Waals surface area (Å²) in [4.78, 5) is 40.7. The van der Waals surface area contributed by atoms with Gasteiger partial charge in [0.15, 0.2) is 0 Å². The number of rotatable bonds is 2. The zero-order valence-corrected chi connectivity index (χ0v) is 13.9. The summed E-state index contributed by atoms with van der Waals surface area (Å²) in [6.07, 6.45) is 1.74. The van der Waals surface area contributed by atoms with Gasteiger partial charge in [0.2, 0.25) is 23.6 Å². The van der Waals surface area contributed by atoms with E-state index in [0.29, 0.717) is 51.9 Å². The van der Waals surface area contributed by atoms with Gasteiger partial charge in [-0.15, -0.1) is 0 Å². The lowest BCUT2D eigenvalue weighted by molar-refractivity contribution is -0.142. The first kappa shape index (κ1) is 16.0. The number of carbonyl (C=O) groups excluding carboxylic acids is 2.